The summed E-state index contributed by atoms with van der Waals surface area (Å²) in [5.41, 5.74) is 7.48. The van der Waals surface area contributed by atoms with Crippen LogP contribution in [0.5, 0.6) is 0 Å². The zero-order valence-corrected chi connectivity index (χ0v) is 10.7. The first-order valence-corrected chi connectivity index (χ1v) is 5.99. The molecule has 0 aliphatic rings. The molecular formula is C14H18N4. The molecule has 0 amide bonds. The number of hydrogen-bond acceptors (Lipinski definition) is 4. The van der Waals surface area contributed by atoms with Crippen molar-refractivity contribution in [2.24, 2.45) is 5.84 Å². The van der Waals surface area contributed by atoms with E-state index in [0.29, 0.717) is 0 Å². The molecule has 1 aromatic heterocycles. The van der Waals surface area contributed by atoms with Crippen molar-refractivity contribution in [1.82, 2.24) is 15.4 Å². The number of hydrazine groups is 1. The Labute approximate surface area is 107 Å². The van der Waals surface area contributed by atoms with Crippen LogP contribution in [0.25, 0.3) is 0 Å². The van der Waals surface area contributed by atoms with Crippen LogP contribution in [-0.2, 0) is 6.42 Å². The number of aromatic nitrogens is 2. The monoisotopic (exact) mass is 242 g/mol. The van der Waals surface area contributed by atoms with E-state index >= 15 is 0 Å². The predicted octanol–water partition coefficient (Wildman–Crippen LogP) is 1.84. The molecule has 0 spiro atoms. The number of nitrogens with one attached hydrogen (secondary N) is 1. The largest absolute Gasteiger partial charge is 0.271 e. The second-order valence-corrected chi connectivity index (χ2v) is 4.48. The molecule has 2 rings (SSSR count). The standard InChI is InChI=1S/C14H18N4/c1-10-3-4-11(2)12(7-10)8-13(18-15)14-9-16-5-6-17-14/h3-7,9,13,18H,8,15H2,1-2H3. The van der Waals surface area contributed by atoms with Gasteiger partial charge in [-0.2, -0.15) is 0 Å². The highest BCUT2D eigenvalue weighted by Gasteiger charge is 2.13. The van der Waals surface area contributed by atoms with Crippen molar-refractivity contribution in [3.05, 3.63) is 59.2 Å². The number of nitrogens with two attached hydrogens (primary N) is 1. The van der Waals surface area contributed by atoms with E-state index in [9.17, 15) is 0 Å². The van der Waals surface area contributed by atoms with Crippen molar-refractivity contribution in [3.63, 3.8) is 0 Å². The van der Waals surface area contributed by atoms with E-state index in [2.05, 4.69) is 47.4 Å². The van der Waals surface area contributed by atoms with Gasteiger partial charge in [0.25, 0.3) is 0 Å². The number of hydrogen-bond donors (Lipinski definition) is 2. The molecule has 94 valence electrons. The van der Waals surface area contributed by atoms with Crippen LogP contribution < -0.4 is 11.3 Å². The molecule has 0 fully saturated rings. The molecule has 0 saturated carbocycles. The number of nitrogens with zero attached hydrogens (tertiary/aromatic N) is 2. The van der Waals surface area contributed by atoms with E-state index in [1.165, 1.54) is 16.7 Å². The Hall–Kier alpha value is -1.78. The van der Waals surface area contributed by atoms with Crippen LogP contribution in [0, 0.1) is 13.8 Å². The minimum atomic E-state index is -0.0146. The molecule has 4 nitrogen and oxygen atoms in total. The van der Waals surface area contributed by atoms with E-state index in [-0.39, 0.29) is 6.04 Å². The van der Waals surface area contributed by atoms with Gasteiger partial charge in [0.15, 0.2) is 0 Å². The first-order chi connectivity index (χ1) is 8.70. The van der Waals surface area contributed by atoms with Gasteiger partial charge in [-0.05, 0) is 31.4 Å². The molecule has 0 saturated heterocycles. The van der Waals surface area contributed by atoms with Crippen LogP contribution >= 0.6 is 0 Å². The zero-order valence-electron chi connectivity index (χ0n) is 10.7. The third-order valence-corrected chi connectivity index (χ3v) is 3.07. The first kappa shape index (κ1) is 12.7. The molecule has 0 aliphatic carbocycles. The van der Waals surface area contributed by atoms with E-state index < -0.39 is 0 Å². The molecule has 0 bridgehead atoms. The van der Waals surface area contributed by atoms with Crippen LogP contribution in [-0.4, -0.2) is 9.97 Å². The molecular weight excluding hydrogens is 224 g/mol. The second-order valence-electron chi connectivity index (χ2n) is 4.48. The lowest BCUT2D eigenvalue weighted by Crippen LogP contribution is -2.30. The predicted molar refractivity (Wildman–Crippen MR) is 71.7 cm³/mol. The number of benzene rings is 1. The maximum Gasteiger partial charge on any atom is 0.0772 e. The van der Waals surface area contributed by atoms with Crippen molar-refractivity contribution < 1.29 is 0 Å². The van der Waals surface area contributed by atoms with Crippen molar-refractivity contribution in [3.8, 4) is 0 Å². The van der Waals surface area contributed by atoms with Crippen molar-refractivity contribution >= 4 is 0 Å². The fourth-order valence-corrected chi connectivity index (χ4v) is 1.98. The molecule has 1 heterocycles. The lowest BCUT2D eigenvalue weighted by Gasteiger charge is -2.16. The maximum atomic E-state index is 5.62. The van der Waals surface area contributed by atoms with Gasteiger partial charge in [0, 0.05) is 12.4 Å². The lowest BCUT2D eigenvalue weighted by atomic mass is 9.98. The summed E-state index contributed by atoms with van der Waals surface area (Å²) in [5.74, 6) is 5.62. The van der Waals surface area contributed by atoms with Crippen molar-refractivity contribution in [2.45, 2.75) is 26.3 Å². The van der Waals surface area contributed by atoms with Crippen molar-refractivity contribution in [2.75, 3.05) is 0 Å². The molecule has 18 heavy (non-hydrogen) atoms. The second kappa shape index (κ2) is 5.71. The molecule has 2 aromatic rings. The molecule has 4 heteroatoms. The summed E-state index contributed by atoms with van der Waals surface area (Å²) in [6.07, 6.45) is 5.90. The highest BCUT2D eigenvalue weighted by atomic mass is 15.2. The average molecular weight is 242 g/mol. The molecule has 0 radical (unpaired) electrons. The Kier molecular flexibility index (Phi) is 4.02. The van der Waals surface area contributed by atoms with Gasteiger partial charge in [0.2, 0.25) is 0 Å². The van der Waals surface area contributed by atoms with Crippen LogP contribution in [0.2, 0.25) is 0 Å². The summed E-state index contributed by atoms with van der Waals surface area (Å²) in [6, 6.07) is 6.43. The Morgan fingerprint density at radius 2 is 2.11 bits per heavy atom. The molecule has 1 atom stereocenters. The van der Waals surface area contributed by atoms with E-state index in [0.717, 1.165) is 12.1 Å². The lowest BCUT2D eigenvalue weighted by molar-refractivity contribution is 0.535. The van der Waals surface area contributed by atoms with Crippen LogP contribution in [0.15, 0.2) is 36.8 Å². The number of rotatable bonds is 4. The van der Waals surface area contributed by atoms with E-state index in [1.807, 2.05) is 0 Å². The van der Waals surface area contributed by atoms with Crippen molar-refractivity contribution in [1.29, 1.82) is 0 Å². The third kappa shape index (κ3) is 2.91. The third-order valence-electron chi connectivity index (χ3n) is 3.07. The Morgan fingerprint density at radius 1 is 1.28 bits per heavy atom. The van der Waals surface area contributed by atoms with Gasteiger partial charge >= 0.3 is 0 Å². The number of aryl methyl sites for hydroxylation is 2. The summed E-state index contributed by atoms with van der Waals surface area (Å²) < 4.78 is 0. The van der Waals surface area contributed by atoms with Crippen LogP contribution in [0.3, 0.4) is 0 Å². The van der Waals surface area contributed by atoms with Gasteiger partial charge in [-0.1, -0.05) is 23.8 Å². The normalized spacial score (nSPS) is 12.4. The van der Waals surface area contributed by atoms with Crippen LogP contribution in [0.1, 0.15) is 28.4 Å². The molecule has 1 aromatic carbocycles. The van der Waals surface area contributed by atoms with E-state index in [4.69, 9.17) is 5.84 Å². The van der Waals surface area contributed by atoms with E-state index in [1.54, 1.807) is 18.6 Å². The Morgan fingerprint density at radius 3 is 2.78 bits per heavy atom. The maximum absolute atomic E-state index is 5.62. The Bertz CT molecular complexity index is 510. The molecule has 3 N–H and O–H groups in total. The fraction of sp³-hybridized carbons (Fsp3) is 0.286. The smallest absolute Gasteiger partial charge is 0.0772 e. The minimum Gasteiger partial charge on any atom is -0.271 e. The quantitative estimate of drug-likeness (QED) is 0.634. The van der Waals surface area contributed by atoms with Crippen LogP contribution in [0.4, 0.5) is 0 Å². The summed E-state index contributed by atoms with van der Waals surface area (Å²) in [4.78, 5) is 8.37. The van der Waals surface area contributed by atoms with Gasteiger partial charge in [0.05, 0.1) is 17.9 Å². The highest BCUT2D eigenvalue weighted by molar-refractivity contribution is 5.31. The first-order valence-electron chi connectivity index (χ1n) is 5.99. The SMILES string of the molecule is Cc1ccc(C)c(CC(NN)c2cnccn2)c1. The summed E-state index contributed by atoms with van der Waals surface area (Å²) in [6.45, 7) is 4.20. The van der Waals surface area contributed by atoms with Gasteiger partial charge in [-0.3, -0.25) is 21.2 Å². The fourth-order valence-electron chi connectivity index (χ4n) is 1.98. The zero-order chi connectivity index (χ0) is 13.0. The van der Waals surface area contributed by atoms with Gasteiger partial charge < -0.3 is 0 Å². The highest BCUT2D eigenvalue weighted by Crippen LogP contribution is 2.19. The van der Waals surface area contributed by atoms with Gasteiger partial charge in [-0.25, -0.2) is 0 Å². The summed E-state index contributed by atoms with van der Waals surface area (Å²) in [7, 11) is 0. The molecule has 1 unspecified atom stereocenters. The summed E-state index contributed by atoms with van der Waals surface area (Å²) in [5, 5.41) is 0. The Balaban J connectivity index is 2.23. The minimum absolute atomic E-state index is 0.0146. The molecule has 0 aliphatic heterocycles. The van der Waals surface area contributed by atoms with Gasteiger partial charge in [0.1, 0.15) is 0 Å². The average Bonchev–Trinajstić information content (AvgIpc) is 2.41. The van der Waals surface area contributed by atoms with Gasteiger partial charge in [-0.15, -0.1) is 0 Å². The summed E-state index contributed by atoms with van der Waals surface area (Å²) >= 11 is 0. The topological polar surface area (TPSA) is 63.8 Å².